The maximum atomic E-state index is 12.1. The van der Waals surface area contributed by atoms with E-state index in [4.69, 9.17) is 9.52 Å². The lowest BCUT2D eigenvalue weighted by molar-refractivity contribution is 0.244. The lowest BCUT2D eigenvalue weighted by atomic mass is 10.4. The Hall–Kier alpha value is -0.890. The number of sulfonamides is 1. The molecule has 0 aliphatic heterocycles. The molecular weight excluding hydrogens is 268 g/mol. The Morgan fingerprint density at radius 1 is 1.53 bits per heavy atom. The van der Waals surface area contributed by atoms with Crippen LogP contribution in [-0.2, 0) is 16.6 Å². The molecule has 1 saturated carbocycles. The van der Waals surface area contributed by atoms with E-state index in [1.165, 1.54) is 18.9 Å². The Bertz CT molecular complexity index is 534. The molecule has 7 heteroatoms. The normalized spacial score (nSPS) is 16.2. The van der Waals surface area contributed by atoms with Crippen LogP contribution >= 0.6 is 0 Å². The van der Waals surface area contributed by atoms with Crippen molar-refractivity contribution >= 4 is 10.0 Å². The van der Waals surface area contributed by atoms with Crippen LogP contribution in [0.4, 0.5) is 0 Å². The molecule has 0 spiro atoms. The highest BCUT2D eigenvalue weighted by molar-refractivity contribution is 7.89. The Kier molecular flexibility index (Phi) is 4.29. The molecule has 19 heavy (non-hydrogen) atoms. The van der Waals surface area contributed by atoms with Crippen LogP contribution in [0.5, 0.6) is 0 Å². The minimum atomic E-state index is -3.56. The highest BCUT2D eigenvalue weighted by Gasteiger charge is 2.26. The summed E-state index contributed by atoms with van der Waals surface area (Å²) in [5.41, 5.74) is 0. The molecule has 0 unspecified atom stereocenters. The number of aliphatic hydroxyl groups is 1. The number of hydrogen-bond acceptors (Lipinski definition) is 5. The van der Waals surface area contributed by atoms with Crippen molar-refractivity contribution in [3.8, 4) is 0 Å². The average molecular weight is 288 g/mol. The van der Waals surface area contributed by atoms with E-state index in [2.05, 4.69) is 9.62 Å². The molecule has 1 fully saturated rings. The van der Waals surface area contributed by atoms with Gasteiger partial charge in [-0.05, 0) is 26.8 Å². The van der Waals surface area contributed by atoms with E-state index in [1.807, 2.05) is 7.05 Å². The molecule has 0 radical (unpaired) electrons. The molecule has 0 bridgehead atoms. The van der Waals surface area contributed by atoms with E-state index in [9.17, 15) is 8.42 Å². The van der Waals surface area contributed by atoms with Crippen molar-refractivity contribution in [1.29, 1.82) is 0 Å². The van der Waals surface area contributed by atoms with Gasteiger partial charge in [0, 0.05) is 25.2 Å². The molecule has 2 N–H and O–H groups in total. The summed E-state index contributed by atoms with van der Waals surface area (Å²) >= 11 is 0. The minimum Gasteiger partial charge on any atom is -0.462 e. The summed E-state index contributed by atoms with van der Waals surface area (Å²) in [4.78, 5) is 2.26. The third kappa shape index (κ3) is 3.56. The first-order valence-corrected chi connectivity index (χ1v) is 7.82. The molecule has 1 aliphatic carbocycles. The maximum absolute atomic E-state index is 12.1. The third-order valence-electron chi connectivity index (χ3n) is 3.30. The predicted molar refractivity (Wildman–Crippen MR) is 70.2 cm³/mol. The number of rotatable bonds is 7. The molecule has 1 heterocycles. The molecule has 0 amide bonds. The first-order valence-electron chi connectivity index (χ1n) is 6.34. The zero-order valence-electron chi connectivity index (χ0n) is 11.2. The van der Waals surface area contributed by atoms with Gasteiger partial charge >= 0.3 is 0 Å². The van der Waals surface area contributed by atoms with Crippen molar-refractivity contribution in [2.24, 2.45) is 0 Å². The molecule has 108 valence electrons. The molecule has 6 nitrogen and oxygen atoms in total. The van der Waals surface area contributed by atoms with E-state index < -0.39 is 10.0 Å². The SMILES string of the molecule is Cc1oc(CO)cc1S(=O)(=O)NCCN(C)C1CC1. The third-order valence-corrected chi connectivity index (χ3v) is 4.86. The lowest BCUT2D eigenvalue weighted by Gasteiger charge is -2.15. The number of aryl methyl sites for hydroxylation is 1. The van der Waals surface area contributed by atoms with Crippen molar-refractivity contribution in [3.63, 3.8) is 0 Å². The molecular formula is C12H20N2O4S. The molecule has 1 aromatic heterocycles. The predicted octanol–water partition coefficient (Wildman–Crippen LogP) is 0.453. The molecule has 1 aliphatic rings. The summed E-state index contributed by atoms with van der Waals surface area (Å²) in [6.07, 6.45) is 2.40. The molecule has 1 aromatic rings. The highest BCUT2D eigenvalue weighted by atomic mass is 32.2. The summed E-state index contributed by atoms with van der Waals surface area (Å²) in [7, 11) is -1.56. The molecule has 0 saturated heterocycles. The molecule has 2 rings (SSSR count). The second kappa shape index (κ2) is 5.62. The van der Waals surface area contributed by atoms with E-state index in [0.717, 1.165) is 0 Å². The van der Waals surface area contributed by atoms with Gasteiger partial charge in [-0.15, -0.1) is 0 Å². The van der Waals surface area contributed by atoms with Crippen LogP contribution in [0.1, 0.15) is 24.4 Å². The largest absolute Gasteiger partial charge is 0.462 e. The highest BCUT2D eigenvalue weighted by Crippen LogP contribution is 2.24. The van der Waals surface area contributed by atoms with Crippen molar-refractivity contribution < 1.29 is 17.9 Å². The fraction of sp³-hybridized carbons (Fsp3) is 0.667. The van der Waals surface area contributed by atoms with Gasteiger partial charge in [0.25, 0.3) is 0 Å². The minimum absolute atomic E-state index is 0.102. The Morgan fingerprint density at radius 2 is 2.21 bits per heavy atom. The Morgan fingerprint density at radius 3 is 2.74 bits per heavy atom. The summed E-state index contributed by atoms with van der Waals surface area (Å²) in [5.74, 6) is 0.556. The van der Waals surface area contributed by atoms with Crippen LogP contribution in [0.2, 0.25) is 0 Å². The smallest absolute Gasteiger partial charge is 0.244 e. The average Bonchev–Trinajstić information content (AvgIpc) is 3.12. The number of nitrogens with zero attached hydrogens (tertiary/aromatic N) is 1. The van der Waals surface area contributed by atoms with Gasteiger partial charge in [-0.2, -0.15) is 0 Å². The van der Waals surface area contributed by atoms with Crippen molar-refractivity contribution in [1.82, 2.24) is 9.62 Å². The van der Waals surface area contributed by atoms with Crippen LogP contribution in [0.25, 0.3) is 0 Å². The number of hydrogen-bond donors (Lipinski definition) is 2. The van der Waals surface area contributed by atoms with E-state index in [0.29, 0.717) is 24.9 Å². The summed E-state index contributed by atoms with van der Waals surface area (Å²) in [6, 6.07) is 1.98. The second-order valence-electron chi connectivity index (χ2n) is 4.90. The van der Waals surface area contributed by atoms with Crippen LogP contribution < -0.4 is 4.72 Å². The van der Waals surface area contributed by atoms with Crippen molar-refractivity contribution in [2.75, 3.05) is 20.1 Å². The second-order valence-corrected chi connectivity index (χ2v) is 6.64. The fourth-order valence-corrected chi connectivity index (χ4v) is 3.22. The zero-order chi connectivity index (χ0) is 14.0. The summed E-state index contributed by atoms with van der Waals surface area (Å²) < 4.78 is 31.9. The van der Waals surface area contributed by atoms with Gasteiger partial charge in [-0.25, -0.2) is 13.1 Å². The lowest BCUT2D eigenvalue weighted by Crippen LogP contribution is -2.34. The standard InChI is InChI=1S/C12H20N2O4S/c1-9-12(7-11(8-15)18-9)19(16,17)13-5-6-14(2)10-3-4-10/h7,10,13,15H,3-6,8H2,1-2H3. The van der Waals surface area contributed by atoms with Crippen LogP contribution in [0.3, 0.4) is 0 Å². The maximum Gasteiger partial charge on any atom is 0.244 e. The van der Waals surface area contributed by atoms with Gasteiger partial charge in [-0.1, -0.05) is 0 Å². The Labute approximate surface area is 113 Å². The van der Waals surface area contributed by atoms with Gasteiger partial charge in [0.2, 0.25) is 10.0 Å². The van der Waals surface area contributed by atoms with Gasteiger partial charge in [-0.3, -0.25) is 0 Å². The first-order chi connectivity index (χ1) is 8.94. The summed E-state index contributed by atoms with van der Waals surface area (Å²) in [6.45, 7) is 2.33. The number of nitrogens with one attached hydrogen (secondary N) is 1. The number of aliphatic hydroxyl groups excluding tert-OH is 1. The number of furan rings is 1. The number of likely N-dealkylation sites (N-methyl/N-ethyl adjacent to an activating group) is 1. The van der Waals surface area contributed by atoms with Crippen LogP contribution in [-0.4, -0.2) is 44.6 Å². The zero-order valence-corrected chi connectivity index (χ0v) is 12.0. The first kappa shape index (κ1) is 14.5. The van der Waals surface area contributed by atoms with E-state index in [1.54, 1.807) is 6.92 Å². The fourth-order valence-electron chi connectivity index (χ4n) is 2.00. The van der Waals surface area contributed by atoms with E-state index >= 15 is 0 Å². The summed E-state index contributed by atoms with van der Waals surface area (Å²) in [5, 5.41) is 8.94. The van der Waals surface area contributed by atoms with E-state index in [-0.39, 0.29) is 17.3 Å². The topological polar surface area (TPSA) is 82.8 Å². The van der Waals surface area contributed by atoms with Gasteiger partial charge in [0.1, 0.15) is 23.0 Å². The van der Waals surface area contributed by atoms with Crippen LogP contribution in [0, 0.1) is 6.92 Å². The van der Waals surface area contributed by atoms with Crippen molar-refractivity contribution in [3.05, 3.63) is 17.6 Å². The van der Waals surface area contributed by atoms with Gasteiger partial charge < -0.3 is 14.4 Å². The van der Waals surface area contributed by atoms with Gasteiger partial charge in [0.15, 0.2) is 0 Å². The van der Waals surface area contributed by atoms with Gasteiger partial charge in [0.05, 0.1) is 0 Å². The monoisotopic (exact) mass is 288 g/mol. The van der Waals surface area contributed by atoms with Crippen LogP contribution in [0.15, 0.2) is 15.4 Å². The molecule has 0 aromatic carbocycles. The molecule has 0 atom stereocenters. The Balaban J connectivity index is 1.94. The van der Waals surface area contributed by atoms with Crippen molar-refractivity contribution in [2.45, 2.75) is 37.3 Å². The quantitative estimate of drug-likeness (QED) is 0.761.